The van der Waals surface area contributed by atoms with Crippen molar-refractivity contribution in [2.24, 2.45) is 0 Å². The topological polar surface area (TPSA) is 103 Å². The number of hydrogen-bond acceptors (Lipinski definition) is 5. The molecule has 1 aliphatic rings. The molecular formula is C18H21N3O4S. The Morgan fingerprint density at radius 2 is 2.04 bits per heavy atom. The third kappa shape index (κ3) is 3.71. The summed E-state index contributed by atoms with van der Waals surface area (Å²) in [5.41, 5.74) is 4.79. The summed E-state index contributed by atoms with van der Waals surface area (Å²) in [5.74, 6) is -0.390. The summed E-state index contributed by atoms with van der Waals surface area (Å²) in [4.78, 5) is 30.0. The second-order valence-electron chi connectivity index (χ2n) is 6.46. The van der Waals surface area contributed by atoms with Crippen molar-refractivity contribution in [2.45, 2.75) is 38.5 Å². The van der Waals surface area contributed by atoms with Crippen LogP contribution in [0.3, 0.4) is 0 Å². The predicted molar refractivity (Wildman–Crippen MR) is 98.0 cm³/mol. The quantitative estimate of drug-likeness (QED) is 0.761. The molecule has 0 aliphatic carbocycles. The van der Waals surface area contributed by atoms with Crippen LogP contribution in [0.1, 0.15) is 30.6 Å². The van der Waals surface area contributed by atoms with E-state index in [0.717, 1.165) is 26.6 Å². The average Bonchev–Trinajstić information content (AvgIpc) is 3.20. The number of aromatic nitrogens is 1. The number of thiazole rings is 1. The zero-order valence-electron chi connectivity index (χ0n) is 14.5. The Balaban J connectivity index is 1.68. The number of likely N-dealkylation sites (tertiary alicyclic amines) is 1. The summed E-state index contributed by atoms with van der Waals surface area (Å²) in [6.07, 6.45) is -1.88. The van der Waals surface area contributed by atoms with Crippen molar-refractivity contribution in [2.75, 3.05) is 6.54 Å². The lowest BCUT2D eigenvalue weighted by atomic mass is 10.0. The fourth-order valence-electron chi connectivity index (χ4n) is 3.17. The number of carboxylic acid groups (broad SMARTS) is 1. The summed E-state index contributed by atoms with van der Waals surface area (Å²) >= 11 is 1.58. The van der Waals surface area contributed by atoms with Gasteiger partial charge in [-0.2, -0.15) is 0 Å². The minimum Gasteiger partial charge on any atom is -0.465 e. The SMILES string of the molecule is Cc1ncsc1-c1ccc(C(C)NC(=O)[C@@H]2C[C@H](O)CN2C(=O)O)cc1. The molecule has 0 saturated carbocycles. The van der Waals surface area contributed by atoms with Crippen molar-refractivity contribution in [1.29, 1.82) is 0 Å². The van der Waals surface area contributed by atoms with Crippen LogP contribution < -0.4 is 5.32 Å². The Morgan fingerprint density at radius 1 is 1.35 bits per heavy atom. The molecule has 3 atom stereocenters. The van der Waals surface area contributed by atoms with Crippen molar-refractivity contribution < 1.29 is 19.8 Å². The molecular weight excluding hydrogens is 354 g/mol. The zero-order valence-corrected chi connectivity index (χ0v) is 15.4. The molecule has 1 saturated heterocycles. The average molecular weight is 375 g/mol. The van der Waals surface area contributed by atoms with Crippen molar-refractivity contribution in [3.63, 3.8) is 0 Å². The highest BCUT2D eigenvalue weighted by molar-refractivity contribution is 7.13. The molecule has 3 rings (SSSR count). The number of aryl methyl sites for hydroxylation is 1. The van der Waals surface area contributed by atoms with Gasteiger partial charge in [0.1, 0.15) is 6.04 Å². The number of nitrogens with one attached hydrogen (secondary N) is 1. The highest BCUT2D eigenvalue weighted by Gasteiger charge is 2.39. The second-order valence-corrected chi connectivity index (χ2v) is 7.31. The van der Waals surface area contributed by atoms with Crippen LogP contribution >= 0.6 is 11.3 Å². The molecule has 2 heterocycles. The third-order valence-corrected chi connectivity index (χ3v) is 5.58. The first-order valence-corrected chi connectivity index (χ1v) is 9.23. The predicted octanol–water partition coefficient (Wildman–Crippen LogP) is 2.41. The molecule has 8 heteroatoms. The van der Waals surface area contributed by atoms with Gasteiger partial charge in [-0.3, -0.25) is 9.69 Å². The molecule has 0 spiro atoms. The minimum atomic E-state index is -1.20. The molecule has 1 aromatic carbocycles. The van der Waals surface area contributed by atoms with Gasteiger partial charge in [0.2, 0.25) is 5.91 Å². The Kier molecular flexibility index (Phi) is 5.24. The van der Waals surface area contributed by atoms with E-state index >= 15 is 0 Å². The first-order chi connectivity index (χ1) is 12.4. The normalized spacial score (nSPS) is 20.8. The van der Waals surface area contributed by atoms with Crippen LogP contribution in [0.15, 0.2) is 29.8 Å². The minimum absolute atomic E-state index is 0.0370. The number of nitrogens with zero attached hydrogens (tertiary/aromatic N) is 2. The van der Waals surface area contributed by atoms with Crippen LogP contribution in [-0.2, 0) is 4.79 Å². The van der Waals surface area contributed by atoms with E-state index in [-0.39, 0.29) is 24.9 Å². The van der Waals surface area contributed by atoms with E-state index < -0.39 is 18.2 Å². The molecule has 0 bridgehead atoms. The van der Waals surface area contributed by atoms with E-state index in [4.69, 9.17) is 0 Å². The molecule has 3 N–H and O–H groups in total. The van der Waals surface area contributed by atoms with Gasteiger partial charge in [-0.1, -0.05) is 24.3 Å². The second kappa shape index (κ2) is 7.43. The van der Waals surface area contributed by atoms with Crippen molar-refractivity contribution >= 4 is 23.3 Å². The van der Waals surface area contributed by atoms with E-state index in [2.05, 4.69) is 10.3 Å². The number of amides is 2. The Bertz CT molecular complexity index is 805. The lowest BCUT2D eigenvalue weighted by Crippen LogP contribution is -2.46. The van der Waals surface area contributed by atoms with Crippen molar-refractivity contribution in [3.05, 3.63) is 41.0 Å². The molecule has 2 aromatic rings. The standard InChI is InChI=1S/C18H21N3O4S/c1-10(20-17(23)15-7-14(22)8-21(15)18(24)25)12-3-5-13(6-4-12)16-11(2)19-9-26-16/h3-6,9-10,14-15,22H,7-8H2,1-2H3,(H,20,23)(H,24,25)/t10?,14-,15-/m0/s1. The smallest absolute Gasteiger partial charge is 0.408 e. The number of carbonyl (C=O) groups is 2. The molecule has 1 aromatic heterocycles. The highest BCUT2D eigenvalue weighted by atomic mass is 32.1. The van der Waals surface area contributed by atoms with E-state index in [0.29, 0.717) is 0 Å². The van der Waals surface area contributed by atoms with Gasteiger partial charge >= 0.3 is 6.09 Å². The van der Waals surface area contributed by atoms with Gasteiger partial charge in [0.25, 0.3) is 0 Å². The number of hydrogen-bond donors (Lipinski definition) is 3. The van der Waals surface area contributed by atoms with Crippen LogP contribution in [0.4, 0.5) is 4.79 Å². The van der Waals surface area contributed by atoms with Crippen LogP contribution in [0, 0.1) is 6.92 Å². The Labute approximate surface area is 155 Å². The molecule has 26 heavy (non-hydrogen) atoms. The Morgan fingerprint density at radius 3 is 2.62 bits per heavy atom. The molecule has 1 fully saturated rings. The largest absolute Gasteiger partial charge is 0.465 e. The summed E-state index contributed by atoms with van der Waals surface area (Å²) in [5, 5.41) is 21.7. The van der Waals surface area contributed by atoms with Gasteiger partial charge in [-0.25, -0.2) is 9.78 Å². The first-order valence-electron chi connectivity index (χ1n) is 8.35. The zero-order chi connectivity index (χ0) is 18.8. The summed E-state index contributed by atoms with van der Waals surface area (Å²) in [7, 11) is 0. The van der Waals surface area contributed by atoms with Gasteiger partial charge in [0, 0.05) is 6.42 Å². The number of β-amino-alcohol motifs (C(OH)–C–C–N with tert-alkyl or cyclic N) is 1. The highest BCUT2D eigenvalue weighted by Crippen LogP contribution is 2.28. The van der Waals surface area contributed by atoms with Crippen LogP contribution in [0.2, 0.25) is 0 Å². The fourth-order valence-corrected chi connectivity index (χ4v) is 3.98. The van der Waals surface area contributed by atoms with E-state index in [1.165, 1.54) is 0 Å². The molecule has 7 nitrogen and oxygen atoms in total. The number of rotatable bonds is 4. The van der Waals surface area contributed by atoms with Crippen molar-refractivity contribution in [1.82, 2.24) is 15.2 Å². The number of carbonyl (C=O) groups excluding carboxylic acids is 1. The maximum absolute atomic E-state index is 12.5. The molecule has 2 amide bonds. The summed E-state index contributed by atoms with van der Waals surface area (Å²) < 4.78 is 0. The van der Waals surface area contributed by atoms with Crippen molar-refractivity contribution in [3.8, 4) is 10.4 Å². The molecule has 1 aliphatic heterocycles. The molecule has 1 unspecified atom stereocenters. The maximum atomic E-state index is 12.5. The Hall–Kier alpha value is -2.45. The van der Waals surface area contributed by atoms with E-state index in [1.807, 2.05) is 43.6 Å². The van der Waals surface area contributed by atoms with Crippen LogP contribution in [0.25, 0.3) is 10.4 Å². The van der Waals surface area contributed by atoms with Gasteiger partial charge < -0.3 is 15.5 Å². The van der Waals surface area contributed by atoms with E-state index in [1.54, 1.807) is 11.3 Å². The molecule has 138 valence electrons. The number of aliphatic hydroxyl groups is 1. The van der Waals surface area contributed by atoms with Gasteiger partial charge in [-0.05, 0) is 25.0 Å². The van der Waals surface area contributed by atoms with Gasteiger partial charge in [0.05, 0.1) is 34.8 Å². The fraction of sp³-hybridized carbons (Fsp3) is 0.389. The third-order valence-electron chi connectivity index (χ3n) is 4.60. The van der Waals surface area contributed by atoms with E-state index in [9.17, 15) is 19.8 Å². The summed E-state index contributed by atoms with van der Waals surface area (Å²) in [6, 6.07) is 6.73. The van der Waals surface area contributed by atoms with Crippen LogP contribution in [0.5, 0.6) is 0 Å². The van der Waals surface area contributed by atoms with Gasteiger partial charge in [0.15, 0.2) is 0 Å². The number of aliphatic hydroxyl groups excluding tert-OH is 1. The maximum Gasteiger partial charge on any atom is 0.408 e. The lowest BCUT2D eigenvalue weighted by molar-refractivity contribution is -0.125. The van der Waals surface area contributed by atoms with Gasteiger partial charge in [-0.15, -0.1) is 11.3 Å². The molecule has 0 radical (unpaired) electrons. The summed E-state index contributed by atoms with van der Waals surface area (Å²) in [6.45, 7) is 3.78. The lowest BCUT2D eigenvalue weighted by Gasteiger charge is -2.23. The number of benzene rings is 1. The first kappa shape index (κ1) is 18.3. The van der Waals surface area contributed by atoms with Crippen LogP contribution in [-0.4, -0.2) is 50.8 Å². The monoisotopic (exact) mass is 375 g/mol.